The van der Waals surface area contributed by atoms with Crippen LogP contribution in [0.3, 0.4) is 0 Å². The van der Waals surface area contributed by atoms with E-state index in [1.807, 2.05) is 0 Å². The standard InChI is InChI=1S/C18H29N7O3S/c1-13(24-18(16(26)25-21-3)11-5-4-6-12-18)22-17(20-2)23-14-7-9-15(10-8-14)29(19,27)28/h7-10,21,24H,1,4-6,11-12H2,2-3H3,(H,25,26)(H2,19,27,28)(H2,20,22,23). The van der Waals surface area contributed by atoms with Gasteiger partial charge in [0.15, 0.2) is 0 Å². The molecular weight excluding hydrogens is 394 g/mol. The highest BCUT2D eigenvalue weighted by molar-refractivity contribution is 7.89. The van der Waals surface area contributed by atoms with Crippen molar-refractivity contribution in [3.05, 3.63) is 36.7 Å². The first-order valence-electron chi connectivity index (χ1n) is 9.28. The number of aliphatic imine (C=N–C) groups is 1. The first-order valence-corrected chi connectivity index (χ1v) is 10.8. The fraction of sp³-hybridized carbons (Fsp3) is 0.444. The van der Waals surface area contributed by atoms with Gasteiger partial charge in [0.1, 0.15) is 5.54 Å². The summed E-state index contributed by atoms with van der Waals surface area (Å²) in [6, 6.07) is 5.95. The van der Waals surface area contributed by atoms with Crippen molar-refractivity contribution in [2.24, 2.45) is 10.1 Å². The lowest BCUT2D eigenvalue weighted by Gasteiger charge is -2.38. The number of nitrogens with one attached hydrogen (secondary N) is 5. The fourth-order valence-corrected chi connectivity index (χ4v) is 3.78. The average molecular weight is 424 g/mol. The van der Waals surface area contributed by atoms with Crippen LogP contribution in [-0.2, 0) is 14.8 Å². The van der Waals surface area contributed by atoms with Gasteiger partial charge in [0.05, 0.1) is 10.7 Å². The van der Waals surface area contributed by atoms with Gasteiger partial charge in [0, 0.05) is 19.8 Å². The molecule has 0 aromatic heterocycles. The maximum atomic E-state index is 12.6. The van der Waals surface area contributed by atoms with E-state index < -0.39 is 15.6 Å². The van der Waals surface area contributed by atoms with E-state index in [2.05, 4.69) is 38.4 Å². The van der Waals surface area contributed by atoms with E-state index in [1.165, 1.54) is 12.1 Å². The second-order valence-electron chi connectivity index (χ2n) is 6.84. The first-order chi connectivity index (χ1) is 13.7. The molecule has 2 rings (SSSR count). The normalized spacial score (nSPS) is 16.6. The fourth-order valence-electron chi connectivity index (χ4n) is 3.27. The number of hydrogen-bond donors (Lipinski definition) is 6. The van der Waals surface area contributed by atoms with Gasteiger partial charge in [-0.25, -0.2) is 19.0 Å². The number of guanidine groups is 1. The zero-order valence-electron chi connectivity index (χ0n) is 16.7. The van der Waals surface area contributed by atoms with Crippen LogP contribution < -0.4 is 31.9 Å². The van der Waals surface area contributed by atoms with Gasteiger partial charge in [-0.15, -0.1) is 0 Å². The third-order valence-corrected chi connectivity index (χ3v) is 5.64. The molecule has 1 fully saturated rings. The Morgan fingerprint density at radius 3 is 2.31 bits per heavy atom. The molecule has 0 aliphatic heterocycles. The number of rotatable bonds is 7. The zero-order chi connectivity index (χ0) is 21.5. The highest BCUT2D eigenvalue weighted by Gasteiger charge is 2.39. The Kier molecular flexibility index (Phi) is 7.59. The molecule has 0 unspecified atom stereocenters. The lowest BCUT2D eigenvalue weighted by atomic mass is 9.81. The second kappa shape index (κ2) is 9.72. The summed E-state index contributed by atoms with van der Waals surface area (Å²) in [6.07, 6.45) is 4.38. The minimum atomic E-state index is -3.75. The minimum Gasteiger partial charge on any atom is -0.358 e. The van der Waals surface area contributed by atoms with E-state index in [0.29, 0.717) is 30.3 Å². The Labute approximate surface area is 171 Å². The molecule has 0 heterocycles. The van der Waals surface area contributed by atoms with Crippen LogP contribution in [-0.4, -0.2) is 39.9 Å². The van der Waals surface area contributed by atoms with Crippen molar-refractivity contribution in [1.82, 2.24) is 21.5 Å². The van der Waals surface area contributed by atoms with E-state index in [9.17, 15) is 13.2 Å². The largest absolute Gasteiger partial charge is 0.358 e. The summed E-state index contributed by atoms with van der Waals surface area (Å²) in [4.78, 5) is 16.8. The number of hydrazine groups is 1. The highest BCUT2D eigenvalue weighted by Crippen LogP contribution is 2.29. The molecule has 1 saturated carbocycles. The molecule has 1 aromatic rings. The maximum Gasteiger partial charge on any atom is 0.259 e. The number of carbonyl (C=O) groups is 1. The molecule has 29 heavy (non-hydrogen) atoms. The van der Waals surface area contributed by atoms with Crippen molar-refractivity contribution in [1.29, 1.82) is 0 Å². The van der Waals surface area contributed by atoms with Gasteiger partial charge in [-0.3, -0.25) is 15.2 Å². The van der Waals surface area contributed by atoms with Crippen LogP contribution in [0.4, 0.5) is 5.69 Å². The topological polar surface area (TPSA) is 150 Å². The van der Waals surface area contributed by atoms with Crippen molar-refractivity contribution >= 4 is 27.6 Å². The van der Waals surface area contributed by atoms with Crippen molar-refractivity contribution < 1.29 is 13.2 Å². The molecule has 1 aliphatic carbocycles. The molecule has 1 aromatic carbocycles. The molecule has 0 atom stereocenters. The zero-order valence-corrected chi connectivity index (χ0v) is 17.5. The van der Waals surface area contributed by atoms with Gasteiger partial charge in [-0.2, -0.15) is 0 Å². The van der Waals surface area contributed by atoms with Crippen molar-refractivity contribution in [3.63, 3.8) is 0 Å². The van der Waals surface area contributed by atoms with Crippen LogP contribution in [0, 0.1) is 0 Å². The summed E-state index contributed by atoms with van der Waals surface area (Å²) in [5, 5.41) is 14.4. The van der Waals surface area contributed by atoms with Gasteiger partial charge in [-0.05, 0) is 37.1 Å². The molecule has 0 radical (unpaired) electrons. The van der Waals surface area contributed by atoms with Gasteiger partial charge in [0.25, 0.3) is 5.91 Å². The number of carbonyl (C=O) groups excluding carboxylic acids is 1. The molecule has 0 saturated heterocycles. The SMILES string of the molecule is C=C(NC(=NC)Nc1ccc(S(N)(=O)=O)cc1)NC1(C(=O)NNC)CCCCC1. The summed E-state index contributed by atoms with van der Waals surface area (Å²) in [5.41, 5.74) is 5.21. The van der Waals surface area contributed by atoms with Crippen LogP contribution >= 0.6 is 0 Å². The van der Waals surface area contributed by atoms with Crippen molar-refractivity contribution in [3.8, 4) is 0 Å². The first kappa shape index (κ1) is 22.7. The molecule has 160 valence electrons. The smallest absolute Gasteiger partial charge is 0.259 e. The van der Waals surface area contributed by atoms with Gasteiger partial charge >= 0.3 is 0 Å². The Bertz CT molecular complexity index is 860. The Morgan fingerprint density at radius 1 is 1.17 bits per heavy atom. The molecule has 0 bridgehead atoms. The molecular formula is C18H29N7O3S. The van der Waals surface area contributed by atoms with Gasteiger partial charge < -0.3 is 16.0 Å². The third-order valence-electron chi connectivity index (χ3n) is 4.71. The van der Waals surface area contributed by atoms with Crippen LogP contribution in [0.1, 0.15) is 32.1 Å². The summed E-state index contributed by atoms with van der Waals surface area (Å²) < 4.78 is 22.7. The summed E-state index contributed by atoms with van der Waals surface area (Å²) in [7, 11) is -0.514. The van der Waals surface area contributed by atoms with Crippen LogP contribution in [0.5, 0.6) is 0 Å². The minimum absolute atomic E-state index is 0.0202. The number of hydrogen-bond acceptors (Lipinski definition) is 6. The molecule has 0 spiro atoms. The maximum absolute atomic E-state index is 12.6. The second-order valence-corrected chi connectivity index (χ2v) is 8.40. The van der Waals surface area contributed by atoms with E-state index in [0.717, 1.165) is 19.3 Å². The van der Waals surface area contributed by atoms with Crippen LogP contribution in [0.15, 0.2) is 46.6 Å². The predicted molar refractivity (Wildman–Crippen MR) is 113 cm³/mol. The van der Waals surface area contributed by atoms with E-state index >= 15 is 0 Å². The Morgan fingerprint density at radius 2 is 1.79 bits per heavy atom. The summed E-state index contributed by atoms with van der Waals surface area (Å²) in [6.45, 7) is 3.97. The number of nitrogens with two attached hydrogens (primary N) is 1. The molecule has 1 amide bonds. The molecule has 7 N–H and O–H groups in total. The lowest BCUT2D eigenvalue weighted by Crippen LogP contribution is -2.61. The molecule has 10 nitrogen and oxygen atoms in total. The average Bonchev–Trinajstić information content (AvgIpc) is 2.68. The van der Waals surface area contributed by atoms with Gasteiger partial charge in [0.2, 0.25) is 16.0 Å². The van der Waals surface area contributed by atoms with Crippen molar-refractivity contribution in [2.75, 3.05) is 19.4 Å². The Balaban J connectivity index is 2.04. The summed E-state index contributed by atoms with van der Waals surface area (Å²) in [5.74, 6) is 0.669. The molecule has 1 aliphatic rings. The summed E-state index contributed by atoms with van der Waals surface area (Å²) >= 11 is 0. The monoisotopic (exact) mass is 423 g/mol. The number of nitrogens with zero attached hydrogens (tertiary/aromatic N) is 1. The number of sulfonamides is 1. The van der Waals surface area contributed by atoms with E-state index in [4.69, 9.17) is 5.14 Å². The van der Waals surface area contributed by atoms with Crippen LogP contribution in [0.2, 0.25) is 0 Å². The van der Waals surface area contributed by atoms with Gasteiger partial charge in [-0.1, -0.05) is 25.8 Å². The van der Waals surface area contributed by atoms with Crippen molar-refractivity contribution in [2.45, 2.75) is 42.5 Å². The predicted octanol–water partition coefficient (Wildman–Crippen LogP) is 0.336. The Hall–Kier alpha value is -2.63. The number of anilines is 1. The number of benzene rings is 1. The van der Waals surface area contributed by atoms with E-state index in [-0.39, 0.29) is 10.8 Å². The number of primary sulfonamides is 1. The third kappa shape index (κ3) is 6.17. The molecule has 11 heteroatoms. The van der Waals surface area contributed by atoms with E-state index in [1.54, 1.807) is 26.2 Å². The number of amides is 1. The highest BCUT2D eigenvalue weighted by atomic mass is 32.2. The lowest BCUT2D eigenvalue weighted by molar-refractivity contribution is -0.129. The van der Waals surface area contributed by atoms with Crippen LogP contribution in [0.25, 0.3) is 0 Å². The quantitative estimate of drug-likeness (QED) is 0.210.